The molecule has 0 fully saturated rings. The fraction of sp³-hybridized carbons (Fsp3) is 0.208. The summed E-state index contributed by atoms with van der Waals surface area (Å²) in [6.45, 7) is 3.71. The highest BCUT2D eigenvalue weighted by Gasteiger charge is 2.28. The van der Waals surface area contributed by atoms with Gasteiger partial charge in [-0.2, -0.15) is 5.10 Å². The molecule has 0 saturated heterocycles. The number of furan rings is 1. The van der Waals surface area contributed by atoms with E-state index in [-0.39, 0.29) is 17.6 Å². The van der Waals surface area contributed by atoms with Crippen LogP contribution in [0, 0.1) is 13.8 Å². The Balaban J connectivity index is 1.56. The number of rotatable bonds is 4. The molecule has 1 heterocycles. The van der Waals surface area contributed by atoms with Gasteiger partial charge in [-0.15, -0.1) is 0 Å². The van der Waals surface area contributed by atoms with Crippen LogP contribution < -0.4 is 10.7 Å². The SMILES string of the molecule is Cc1ccc(NC(=O)c2oc3c(c2C)/C(=N/NC(=O)c2ccc(Cl)cc2)CCC3)cc1Cl. The molecule has 3 aromatic rings. The van der Waals surface area contributed by atoms with Gasteiger partial charge in [-0.05, 0) is 68.7 Å². The molecule has 2 amide bonds. The van der Waals surface area contributed by atoms with Gasteiger partial charge in [0.25, 0.3) is 11.8 Å². The third kappa shape index (κ3) is 4.56. The van der Waals surface area contributed by atoms with Crippen molar-refractivity contribution < 1.29 is 14.0 Å². The minimum Gasteiger partial charge on any atom is -0.455 e. The van der Waals surface area contributed by atoms with Gasteiger partial charge in [-0.3, -0.25) is 9.59 Å². The Labute approximate surface area is 195 Å². The van der Waals surface area contributed by atoms with Crippen molar-refractivity contribution in [1.82, 2.24) is 5.43 Å². The van der Waals surface area contributed by atoms with Crippen LogP contribution in [0.15, 0.2) is 52.0 Å². The number of fused-ring (bicyclic) bond motifs is 1. The lowest BCUT2D eigenvalue weighted by atomic mass is 9.93. The van der Waals surface area contributed by atoms with Crippen LogP contribution >= 0.6 is 23.2 Å². The Kier molecular flexibility index (Phi) is 6.35. The summed E-state index contributed by atoms with van der Waals surface area (Å²) in [4.78, 5) is 25.3. The molecule has 2 N–H and O–H groups in total. The molecule has 1 aliphatic carbocycles. The first-order valence-corrected chi connectivity index (χ1v) is 10.9. The number of nitrogens with zero attached hydrogens (tertiary/aromatic N) is 1. The molecule has 0 unspecified atom stereocenters. The predicted octanol–water partition coefficient (Wildman–Crippen LogP) is 5.93. The summed E-state index contributed by atoms with van der Waals surface area (Å²) in [6, 6.07) is 11.9. The van der Waals surface area contributed by atoms with Crippen molar-refractivity contribution in [2.24, 2.45) is 5.10 Å². The van der Waals surface area contributed by atoms with Crippen LogP contribution in [0.3, 0.4) is 0 Å². The number of aryl methyl sites for hydroxylation is 2. The zero-order valence-corrected chi connectivity index (χ0v) is 19.1. The van der Waals surface area contributed by atoms with E-state index in [9.17, 15) is 9.59 Å². The number of hydrogen-bond donors (Lipinski definition) is 2. The highest BCUT2D eigenvalue weighted by atomic mass is 35.5. The van der Waals surface area contributed by atoms with Gasteiger partial charge in [-0.25, -0.2) is 5.43 Å². The van der Waals surface area contributed by atoms with Gasteiger partial charge in [-0.1, -0.05) is 29.3 Å². The molecule has 164 valence electrons. The third-order valence-corrected chi connectivity index (χ3v) is 6.02. The van der Waals surface area contributed by atoms with Crippen LogP contribution in [0.4, 0.5) is 5.69 Å². The molecular weight excluding hydrogens is 449 g/mol. The predicted molar refractivity (Wildman–Crippen MR) is 126 cm³/mol. The molecule has 8 heteroatoms. The van der Waals surface area contributed by atoms with Crippen molar-refractivity contribution in [2.45, 2.75) is 33.1 Å². The smallest absolute Gasteiger partial charge is 0.291 e. The third-order valence-electron chi connectivity index (χ3n) is 5.36. The van der Waals surface area contributed by atoms with Crippen LogP contribution in [0.25, 0.3) is 0 Å². The first-order valence-electron chi connectivity index (χ1n) is 10.2. The zero-order chi connectivity index (χ0) is 22.8. The Morgan fingerprint density at radius 3 is 2.47 bits per heavy atom. The largest absolute Gasteiger partial charge is 0.455 e. The molecule has 4 rings (SSSR count). The summed E-state index contributed by atoms with van der Waals surface area (Å²) in [5.41, 5.74) is 6.72. The molecule has 1 aromatic heterocycles. The first-order chi connectivity index (χ1) is 15.3. The van der Waals surface area contributed by atoms with Gasteiger partial charge < -0.3 is 9.73 Å². The Hall–Kier alpha value is -3.09. The van der Waals surface area contributed by atoms with Crippen molar-refractivity contribution in [3.8, 4) is 0 Å². The molecule has 0 atom stereocenters. The Bertz CT molecular complexity index is 1230. The van der Waals surface area contributed by atoms with Gasteiger partial charge in [0, 0.05) is 38.8 Å². The van der Waals surface area contributed by atoms with E-state index < -0.39 is 0 Å². The van der Waals surface area contributed by atoms with Crippen molar-refractivity contribution in [3.05, 3.63) is 86.3 Å². The van der Waals surface area contributed by atoms with E-state index in [0.29, 0.717) is 51.2 Å². The highest BCUT2D eigenvalue weighted by Crippen LogP contribution is 2.30. The van der Waals surface area contributed by atoms with E-state index in [2.05, 4.69) is 15.8 Å². The normalized spacial score (nSPS) is 14.2. The summed E-state index contributed by atoms with van der Waals surface area (Å²) >= 11 is 12.0. The van der Waals surface area contributed by atoms with Gasteiger partial charge in [0.1, 0.15) is 5.76 Å². The molecule has 0 spiro atoms. The lowest BCUT2D eigenvalue weighted by molar-refractivity contribution is 0.0953. The summed E-state index contributed by atoms with van der Waals surface area (Å²) in [5, 5.41) is 8.29. The lowest BCUT2D eigenvalue weighted by Crippen LogP contribution is -2.22. The average molecular weight is 470 g/mol. The fourth-order valence-corrected chi connectivity index (χ4v) is 3.95. The van der Waals surface area contributed by atoms with Gasteiger partial charge in [0.2, 0.25) is 0 Å². The second kappa shape index (κ2) is 9.18. The molecular formula is C24H21Cl2N3O3. The summed E-state index contributed by atoms with van der Waals surface area (Å²) in [6.07, 6.45) is 2.18. The summed E-state index contributed by atoms with van der Waals surface area (Å²) in [7, 11) is 0. The number of carbonyl (C=O) groups is 2. The van der Waals surface area contributed by atoms with E-state index in [0.717, 1.165) is 17.5 Å². The number of anilines is 1. The minimum absolute atomic E-state index is 0.227. The average Bonchev–Trinajstić information content (AvgIpc) is 3.12. The Morgan fingerprint density at radius 1 is 1.00 bits per heavy atom. The fourth-order valence-electron chi connectivity index (χ4n) is 3.64. The topological polar surface area (TPSA) is 83.7 Å². The van der Waals surface area contributed by atoms with Crippen molar-refractivity contribution in [1.29, 1.82) is 0 Å². The number of halogens is 2. The zero-order valence-electron chi connectivity index (χ0n) is 17.6. The van der Waals surface area contributed by atoms with E-state index in [1.165, 1.54) is 0 Å². The molecule has 0 radical (unpaired) electrons. The van der Waals surface area contributed by atoms with Crippen LogP contribution in [-0.2, 0) is 6.42 Å². The number of hydrogen-bond acceptors (Lipinski definition) is 4. The van der Waals surface area contributed by atoms with Crippen LogP contribution in [0.1, 0.15) is 56.2 Å². The lowest BCUT2D eigenvalue weighted by Gasteiger charge is -2.13. The first kappa shape index (κ1) is 22.1. The van der Waals surface area contributed by atoms with E-state index in [4.69, 9.17) is 27.6 Å². The van der Waals surface area contributed by atoms with Crippen LogP contribution in [-0.4, -0.2) is 17.5 Å². The van der Waals surface area contributed by atoms with Gasteiger partial charge in [0.05, 0.1) is 5.71 Å². The summed E-state index contributed by atoms with van der Waals surface area (Å²) in [5.74, 6) is 0.226. The molecule has 6 nitrogen and oxygen atoms in total. The van der Waals surface area contributed by atoms with Gasteiger partial charge in [0.15, 0.2) is 5.76 Å². The number of nitrogens with one attached hydrogen (secondary N) is 2. The van der Waals surface area contributed by atoms with E-state index >= 15 is 0 Å². The molecule has 2 aromatic carbocycles. The maximum Gasteiger partial charge on any atom is 0.291 e. The maximum atomic E-state index is 12.9. The molecule has 32 heavy (non-hydrogen) atoms. The van der Waals surface area contributed by atoms with E-state index in [1.54, 1.807) is 36.4 Å². The molecule has 0 aliphatic heterocycles. The molecule has 1 aliphatic rings. The van der Waals surface area contributed by atoms with Crippen molar-refractivity contribution >= 4 is 46.4 Å². The second-order valence-corrected chi connectivity index (χ2v) is 8.48. The standard InChI is InChI=1S/C24H21Cl2N3O3/c1-13-6-11-17(12-18(13)26)27-24(31)22-14(2)21-19(4-3-5-20(21)32-22)28-29-23(30)15-7-9-16(25)10-8-15/h6-12H,3-5H2,1-2H3,(H,27,31)(H,29,30)/b28-19+. The van der Waals surface area contributed by atoms with Crippen molar-refractivity contribution in [3.63, 3.8) is 0 Å². The van der Waals surface area contributed by atoms with E-state index in [1.807, 2.05) is 19.9 Å². The number of hydrazone groups is 1. The number of benzene rings is 2. The number of carbonyl (C=O) groups excluding carboxylic acids is 2. The molecule has 0 bridgehead atoms. The maximum absolute atomic E-state index is 12.9. The molecule has 0 saturated carbocycles. The second-order valence-electron chi connectivity index (χ2n) is 7.63. The minimum atomic E-state index is -0.360. The van der Waals surface area contributed by atoms with Crippen molar-refractivity contribution in [2.75, 3.05) is 5.32 Å². The van der Waals surface area contributed by atoms with Crippen LogP contribution in [0.2, 0.25) is 10.0 Å². The summed E-state index contributed by atoms with van der Waals surface area (Å²) < 4.78 is 5.91. The highest BCUT2D eigenvalue weighted by molar-refractivity contribution is 6.31. The van der Waals surface area contributed by atoms with Crippen LogP contribution in [0.5, 0.6) is 0 Å². The Morgan fingerprint density at radius 2 is 1.75 bits per heavy atom. The number of amides is 2. The quantitative estimate of drug-likeness (QED) is 0.464. The van der Waals surface area contributed by atoms with Gasteiger partial charge >= 0.3 is 0 Å². The monoisotopic (exact) mass is 469 g/mol.